The molecule has 120 valence electrons. The van der Waals surface area contributed by atoms with Crippen molar-refractivity contribution in [2.45, 2.75) is 18.1 Å². The maximum Gasteiger partial charge on any atom is 0.488 e. The van der Waals surface area contributed by atoms with E-state index >= 15 is 0 Å². The molecule has 0 radical (unpaired) electrons. The van der Waals surface area contributed by atoms with Crippen LogP contribution >= 0.6 is 0 Å². The summed E-state index contributed by atoms with van der Waals surface area (Å²) in [5.41, 5.74) is -1.44. The summed E-state index contributed by atoms with van der Waals surface area (Å²) in [6.45, 7) is -4.56. The Morgan fingerprint density at radius 1 is 1.10 bits per heavy atom. The molecule has 5 nitrogen and oxygen atoms in total. The fourth-order valence-corrected chi connectivity index (χ4v) is 2.69. The summed E-state index contributed by atoms with van der Waals surface area (Å²) < 4.78 is 109. The molecular weight excluding hydrogens is 346 g/mol. The predicted molar refractivity (Wildman–Crippen MR) is 62.9 cm³/mol. The lowest BCUT2D eigenvalue weighted by Gasteiger charge is -2.16. The van der Waals surface area contributed by atoms with Gasteiger partial charge in [0.1, 0.15) is 10.6 Å². The molecule has 1 aromatic carbocycles. The van der Waals surface area contributed by atoms with E-state index in [1.165, 1.54) is 0 Å². The van der Waals surface area contributed by atoms with Gasteiger partial charge in [-0.2, -0.15) is 16.8 Å². The molecule has 21 heavy (non-hydrogen) atoms. The summed E-state index contributed by atoms with van der Waals surface area (Å²) in [6, 6.07) is 0.869. The van der Waals surface area contributed by atoms with E-state index in [2.05, 4.69) is 4.18 Å². The van der Waals surface area contributed by atoms with E-state index in [-0.39, 0.29) is 0 Å². The quantitative estimate of drug-likeness (QED) is 0.461. The summed E-state index contributed by atoms with van der Waals surface area (Å²) in [7, 11) is -11.1. The van der Waals surface area contributed by atoms with E-state index in [4.69, 9.17) is 0 Å². The minimum absolute atomic E-state index is 0.387. The molecule has 0 amide bonds. The van der Waals surface area contributed by atoms with Crippen LogP contribution in [0.4, 0.5) is 20.7 Å². The molecule has 0 atom stereocenters. The minimum atomic E-state index is -5.62. The molecule has 1 rings (SSSR count). The van der Waals surface area contributed by atoms with Crippen molar-refractivity contribution >= 4 is 27.7 Å². The van der Waals surface area contributed by atoms with E-state index in [1.807, 2.05) is 0 Å². The fraction of sp³-hybridized carbons (Fsp3) is 0.250. The molecule has 0 aliphatic carbocycles. The topological polar surface area (TPSA) is 77.5 Å². The van der Waals surface area contributed by atoms with Crippen molar-refractivity contribution in [1.82, 2.24) is 0 Å². The second kappa shape index (κ2) is 5.44. The first-order chi connectivity index (χ1) is 9.19. The predicted octanol–water partition coefficient (Wildman–Crippen LogP) is 2.18. The van der Waals surface area contributed by atoms with E-state index in [0.29, 0.717) is 12.1 Å². The van der Waals surface area contributed by atoms with Gasteiger partial charge in [0, 0.05) is 5.56 Å². The van der Waals surface area contributed by atoms with Crippen LogP contribution in [0.5, 0.6) is 5.75 Å². The Balaban J connectivity index is 3.53. The normalized spacial score (nSPS) is 13.2. The van der Waals surface area contributed by atoms with Crippen LogP contribution in [0.25, 0.3) is 0 Å². The first-order valence-electron chi connectivity index (χ1n) is 5.12. The van der Waals surface area contributed by atoms with Crippen LogP contribution in [-0.4, -0.2) is 23.8 Å². The van der Waals surface area contributed by atoms with Crippen LogP contribution in [0.1, 0.15) is 11.1 Å². The minimum Gasteiger partial charge on any atom is -0.449 e. The third-order valence-electron chi connectivity index (χ3n) is 2.29. The Labute approximate surface area is 117 Å². The molecule has 0 unspecified atom stereocenters. The first-order valence-corrected chi connectivity index (χ1v) is 7.81. The summed E-state index contributed by atoms with van der Waals surface area (Å²) in [5, 5.41) is 0. The van der Waals surface area contributed by atoms with Crippen molar-refractivity contribution in [2.75, 3.05) is 0 Å². The number of halogens is 5. The van der Waals surface area contributed by atoms with Gasteiger partial charge in [-0.3, -0.25) is 0 Å². The molecule has 0 spiro atoms. The maximum absolute atomic E-state index is 13.0. The number of benzene rings is 1. The number of hydrogen-bond acceptors (Lipinski definition) is 5. The van der Waals surface area contributed by atoms with Crippen LogP contribution < -0.4 is 4.18 Å². The molecule has 0 saturated carbocycles. The second-order valence-electron chi connectivity index (χ2n) is 4.05. The lowest BCUT2D eigenvalue weighted by Crippen LogP contribution is -2.20. The highest BCUT2D eigenvalue weighted by molar-refractivity contribution is 7.86. The zero-order chi connectivity index (χ0) is 16.6. The van der Waals surface area contributed by atoms with Crippen molar-refractivity contribution < 1.29 is 41.7 Å². The second-order valence-corrected chi connectivity index (χ2v) is 6.31. The van der Waals surface area contributed by atoms with Gasteiger partial charge in [0.05, 0.1) is 0 Å². The standard InChI is InChI=1S/C8H7BF5O5S2/c1-5-7(19-21(14,17)18)2-6(4-9(10,11)12)3-8(5)20(13,15)16/h2-3H,4H2,1H3/q-1. The van der Waals surface area contributed by atoms with E-state index < -0.39 is 55.8 Å². The Kier molecular flexibility index (Phi) is 4.58. The van der Waals surface area contributed by atoms with Crippen molar-refractivity contribution in [1.29, 1.82) is 0 Å². The molecular formula is C8H7BF5O5S2-. The van der Waals surface area contributed by atoms with Crippen LogP contribution in [0.2, 0.25) is 0 Å². The molecule has 0 aliphatic rings. The van der Waals surface area contributed by atoms with E-state index in [0.717, 1.165) is 6.92 Å². The van der Waals surface area contributed by atoms with Gasteiger partial charge >= 0.3 is 27.7 Å². The number of rotatable bonds is 5. The van der Waals surface area contributed by atoms with E-state index in [9.17, 15) is 37.6 Å². The van der Waals surface area contributed by atoms with Gasteiger partial charge in [-0.05, 0) is 19.1 Å². The highest BCUT2D eigenvalue weighted by Crippen LogP contribution is 2.31. The molecule has 0 fully saturated rings. The average molecular weight is 353 g/mol. The maximum atomic E-state index is 13.0. The fourth-order valence-electron chi connectivity index (χ4n) is 1.55. The van der Waals surface area contributed by atoms with Crippen molar-refractivity contribution in [3.05, 3.63) is 23.3 Å². The Morgan fingerprint density at radius 2 is 1.62 bits per heavy atom. The Hall–Kier alpha value is -1.37. The number of hydrogen-bond donors (Lipinski definition) is 0. The van der Waals surface area contributed by atoms with E-state index in [1.54, 1.807) is 0 Å². The Bertz CT molecular complexity index is 756. The van der Waals surface area contributed by atoms with Crippen LogP contribution in [0.3, 0.4) is 0 Å². The van der Waals surface area contributed by atoms with Gasteiger partial charge in [0.2, 0.25) is 0 Å². The lowest BCUT2D eigenvalue weighted by atomic mass is 9.81. The molecule has 0 saturated heterocycles. The molecule has 0 N–H and O–H groups in total. The largest absolute Gasteiger partial charge is 0.488 e. The van der Waals surface area contributed by atoms with Crippen molar-refractivity contribution in [2.24, 2.45) is 0 Å². The van der Waals surface area contributed by atoms with Gasteiger partial charge in [-0.25, -0.2) is 0 Å². The Morgan fingerprint density at radius 3 is 2.00 bits per heavy atom. The summed E-state index contributed by atoms with van der Waals surface area (Å²) in [5.74, 6) is -1.04. The van der Waals surface area contributed by atoms with Crippen LogP contribution in [-0.2, 0) is 27.0 Å². The highest BCUT2D eigenvalue weighted by Gasteiger charge is 2.27. The van der Waals surface area contributed by atoms with Crippen LogP contribution in [0, 0.1) is 6.92 Å². The highest BCUT2D eigenvalue weighted by atomic mass is 32.3. The first kappa shape index (κ1) is 17.7. The lowest BCUT2D eigenvalue weighted by molar-refractivity contribution is 0.437. The van der Waals surface area contributed by atoms with Crippen molar-refractivity contribution in [3.63, 3.8) is 0 Å². The van der Waals surface area contributed by atoms with Gasteiger partial charge in [-0.1, -0.05) is 15.8 Å². The average Bonchev–Trinajstić information content (AvgIpc) is 2.16. The van der Waals surface area contributed by atoms with Gasteiger partial charge in [-0.15, -0.1) is 3.89 Å². The molecule has 0 aromatic heterocycles. The van der Waals surface area contributed by atoms with Gasteiger partial charge < -0.3 is 17.1 Å². The molecule has 1 aromatic rings. The summed E-state index contributed by atoms with van der Waals surface area (Å²) in [4.78, 5) is -1.22. The third kappa shape index (κ3) is 5.49. The van der Waals surface area contributed by atoms with Gasteiger partial charge in [0.15, 0.2) is 0 Å². The zero-order valence-electron chi connectivity index (χ0n) is 10.2. The SMILES string of the molecule is Cc1c(OS(=O)(=O)F)cc(C[B-](F)(F)F)cc1S(=O)(=O)F. The molecule has 0 heterocycles. The smallest absolute Gasteiger partial charge is 0.449 e. The third-order valence-corrected chi connectivity index (χ3v) is 3.62. The van der Waals surface area contributed by atoms with Crippen molar-refractivity contribution in [3.8, 4) is 5.75 Å². The molecule has 0 aliphatic heterocycles. The van der Waals surface area contributed by atoms with Gasteiger partial charge in [0.25, 0.3) is 0 Å². The van der Waals surface area contributed by atoms with Crippen LogP contribution in [0.15, 0.2) is 17.0 Å². The molecule has 13 heteroatoms. The summed E-state index contributed by atoms with van der Waals surface area (Å²) >= 11 is 0. The monoisotopic (exact) mass is 353 g/mol. The summed E-state index contributed by atoms with van der Waals surface area (Å²) in [6.07, 6.45) is -1.62. The zero-order valence-corrected chi connectivity index (χ0v) is 11.8. The molecule has 0 bridgehead atoms.